The molecule has 0 bridgehead atoms. The second-order valence-corrected chi connectivity index (χ2v) is 4.98. The van der Waals surface area contributed by atoms with E-state index in [0.29, 0.717) is 18.7 Å². The Balaban J connectivity index is 1.89. The lowest BCUT2D eigenvalue weighted by atomic mass is 9.85. The zero-order chi connectivity index (χ0) is 10.0. The van der Waals surface area contributed by atoms with Crippen molar-refractivity contribution < 1.29 is 9.84 Å². The Morgan fingerprint density at radius 1 is 1.50 bits per heavy atom. The van der Waals surface area contributed by atoms with Crippen LogP contribution in [0.1, 0.15) is 32.6 Å². The minimum absolute atomic E-state index is 0.0998. The van der Waals surface area contributed by atoms with Crippen LogP contribution < -0.4 is 5.32 Å². The van der Waals surface area contributed by atoms with E-state index < -0.39 is 0 Å². The molecule has 0 aromatic heterocycles. The second kappa shape index (κ2) is 4.17. The van der Waals surface area contributed by atoms with E-state index in [9.17, 15) is 5.11 Å². The van der Waals surface area contributed by atoms with Crippen molar-refractivity contribution in [3.05, 3.63) is 0 Å². The summed E-state index contributed by atoms with van der Waals surface area (Å²) < 4.78 is 5.34. The van der Waals surface area contributed by atoms with Crippen LogP contribution in [0, 0.1) is 5.41 Å². The highest BCUT2D eigenvalue weighted by Gasteiger charge is 2.39. The average Bonchev–Trinajstić information content (AvgIpc) is 2.79. The Labute approximate surface area is 85.8 Å². The summed E-state index contributed by atoms with van der Waals surface area (Å²) in [6, 6.07) is 1.00. The number of nitrogens with one attached hydrogen (secondary N) is 1. The zero-order valence-electron chi connectivity index (χ0n) is 8.96. The van der Waals surface area contributed by atoms with Gasteiger partial charge in [-0.05, 0) is 19.3 Å². The number of aliphatic hydroxyl groups is 1. The molecule has 2 N–H and O–H groups in total. The van der Waals surface area contributed by atoms with Crippen molar-refractivity contribution in [3.8, 4) is 0 Å². The first-order valence-electron chi connectivity index (χ1n) is 5.69. The molecule has 1 aliphatic carbocycles. The molecule has 2 aliphatic rings. The van der Waals surface area contributed by atoms with Crippen molar-refractivity contribution in [2.45, 2.75) is 44.7 Å². The standard InChI is InChI=1S/C11H21NO2/c1-11(8-13)5-2-3-10(11)12-9-4-6-14-7-9/h9-10,12-13H,2-8H2,1H3. The van der Waals surface area contributed by atoms with Crippen LogP contribution in [0.4, 0.5) is 0 Å². The summed E-state index contributed by atoms with van der Waals surface area (Å²) >= 11 is 0. The highest BCUT2D eigenvalue weighted by atomic mass is 16.5. The van der Waals surface area contributed by atoms with Crippen LogP contribution >= 0.6 is 0 Å². The summed E-state index contributed by atoms with van der Waals surface area (Å²) in [5.74, 6) is 0. The maximum atomic E-state index is 9.40. The van der Waals surface area contributed by atoms with Crippen LogP contribution in [0.3, 0.4) is 0 Å². The molecule has 0 aromatic carbocycles. The van der Waals surface area contributed by atoms with Gasteiger partial charge < -0.3 is 15.2 Å². The molecule has 0 aromatic rings. The van der Waals surface area contributed by atoms with Gasteiger partial charge in [-0.1, -0.05) is 13.3 Å². The van der Waals surface area contributed by atoms with E-state index in [1.807, 2.05) is 0 Å². The smallest absolute Gasteiger partial charge is 0.0620 e. The molecule has 14 heavy (non-hydrogen) atoms. The van der Waals surface area contributed by atoms with Gasteiger partial charge in [-0.15, -0.1) is 0 Å². The summed E-state index contributed by atoms with van der Waals surface area (Å²) in [7, 11) is 0. The van der Waals surface area contributed by atoms with Crippen LogP contribution in [0.25, 0.3) is 0 Å². The maximum absolute atomic E-state index is 9.40. The van der Waals surface area contributed by atoms with E-state index in [1.165, 1.54) is 12.8 Å². The van der Waals surface area contributed by atoms with Crippen LogP contribution in [-0.4, -0.2) is 37.0 Å². The molecular formula is C11H21NO2. The maximum Gasteiger partial charge on any atom is 0.0620 e. The van der Waals surface area contributed by atoms with E-state index in [0.717, 1.165) is 26.1 Å². The highest BCUT2D eigenvalue weighted by Crippen LogP contribution is 2.37. The molecule has 0 radical (unpaired) electrons. The number of hydrogen-bond acceptors (Lipinski definition) is 3. The summed E-state index contributed by atoms with van der Waals surface area (Å²) in [6.45, 7) is 4.23. The van der Waals surface area contributed by atoms with Gasteiger partial charge in [-0.2, -0.15) is 0 Å². The number of ether oxygens (including phenoxy) is 1. The van der Waals surface area contributed by atoms with Crippen LogP contribution in [0.5, 0.6) is 0 Å². The van der Waals surface area contributed by atoms with Crippen molar-refractivity contribution >= 4 is 0 Å². The van der Waals surface area contributed by atoms with Gasteiger partial charge >= 0.3 is 0 Å². The minimum Gasteiger partial charge on any atom is -0.396 e. The van der Waals surface area contributed by atoms with Crippen molar-refractivity contribution in [2.75, 3.05) is 19.8 Å². The predicted molar refractivity (Wildman–Crippen MR) is 55.2 cm³/mol. The topological polar surface area (TPSA) is 41.5 Å². The lowest BCUT2D eigenvalue weighted by Crippen LogP contribution is -2.46. The molecule has 3 nitrogen and oxygen atoms in total. The van der Waals surface area contributed by atoms with Gasteiger partial charge in [0.25, 0.3) is 0 Å². The Morgan fingerprint density at radius 3 is 3.00 bits per heavy atom. The van der Waals surface area contributed by atoms with Gasteiger partial charge in [-0.3, -0.25) is 0 Å². The molecule has 3 unspecified atom stereocenters. The summed E-state index contributed by atoms with van der Waals surface area (Å²) in [6.07, 6.45) is 4.71. The van der Waals surface area contributed by atoms with Gasteiger partial charge in [0.2, 0.25) is 0 Å². The van der Waals surface area contributed by atoms with Gasteiger partial charge in [0.15, 0.2) is 0 Å². The molecule has 1 saturated carbocycles. The van der Waals surface area contributed by atoms with Crippen molar-refractivity contribution in [1.82, 2.24) is 5.32 Å². The fourth-order valence-electron chi connectivity index (χ4n) is 2.66. The first-order valence-corrected chi connectivity index (χ1v) is 5.69. The third-order valence-electron chi connectivity index (χ3n) is 3.81. The molecule has 1 aliphatic heterocycles. The average molecular weight is 199 g/mol. The lowest BCUT2D eigenvalue weighted by Gasteiger charge is -2.32. The number of aliphatic hydroxyl groups excluding tert-OH is 1. The molecule has 82 valence electrons. The van der Waals surface area contributed by atoms with E-state index >= 15 is 0 Å². The van der Waals surface area contributed by atoms with E-state index in [1.54, 1.807) is 0 Å². The number of hydrogen-bond donors (Lipinski definition) is 2. The molecule has 1 heterocycles. The summed E-state index contributed by atoms with van der Waals surface area (Å²) in [5.41, 5.74) is 0.0998. The predicted octanol–water partition coefficient (Wildman–Crippen LogP) is 0.916. The fraction of sp³-hybridized carbons (Fsp3) is 1.00. The van der Waals surface area contributed by atoms with Crippen LogP contribution in [0.15, 0.2) is 0 Å². The molecular weight excluding hydrogens is 178 g/mol. The molecule has 3 heteroatoms. The van der Waals surface area contributed by atoms with Gasteiger partial charge in [0, 0.05) is 30.7 Å². The van der Waals surface area contributed by atoms with Crippen molar-refractivity contribution in [3.63, 3.8) is 0 Å². The molecule has 2 rings (SSSR count). The van der Waals surface area contributed by atoms with Crippen molar-refractivity contribution in [1.29, 1.82) is 0 Å². The van der Waals surface area contributed by atoms with Gasteiger partial charge in [0.05, 0.1) is 6.61 Å². The lowest BCUT2D eigenvalue weighted by molar-refractivity contribution is 0.110. The third kappa shape index (κ3) is 1.95. The normalized spacial score (nSPS) is 43.3. The first kappa shape index (κ1) is 10.4. The van der Waals surface area contributed by atoms with Gasteiger partial charge in [-0.25, -0.2) is 0 Å². The molecule has 2 fully saturated rings. The van der Waals surface area contributed by atoms with Crippen molar-refractivity contribution in [2.24, 2.45) is 5.41 Å². The highest BCUT2D eigenvalue weighted by molar-refractivity contribution is 4.95. The second-order valence-electron chi connectivity index (χ2n) is 4.98. The third-order valence-corrected chi connectivity index (χ3v) is 3.81. The summed E-state index contributed by atoms with van der Waals surface area (Å²) in [5, 5.41) is 13.0. The van der Waals surface area contributed by atoms with E-state index in [4.69, 9.17) is 4.74 Å². The Kier molecular flexibility index (Phi) is 3.10. The molecule has 0 amide bonds. The number of rotatable bonds is 3. The summed E-state index contributed by atoms with van der Waals surface area (Å²) in [4.78, 5) is 0. The first-order chi connectivity index (χ1) is 6.74. The SMILES string of the molecule is CC1(CO)CCCC1NC1CCOC1. The largest absolute Gasteiger partial charge is 0.396 e. The molecule has 0 spiro atoms. The van der Waals surface area contributed by atoms with Gasteiger partial charge in [0.1, 0.15) is 0 Å². The zero-order valence-corrected chi connectivity index (χ0v) is 8.96. The van der Waals surface area contributed by atoms with E-state index in [2.05, 4.69) is 12.2 Å². The Hall–Kier alpha value is -0.120. The van der Waals surface area contributed by atoms with Crippen LogP contribution in [0.2, 0.25) is 0 Å². The fourth-order valence-corrected chi connectivity index (χ4v) is 2.66. The van der Waals surface area contributed by atoms with E-state index in [-0.39, 0.29) is 5.41 Å². The minimum atomic E-state index is 0.0998. The Bertz CT molecular complexity index is 192. The monoisotopic (exact) mass is 199 g/mol. The quantitative estimate of drug-likeness (QED) is 0.710. The van der Waals surface area contributed by atoms with Crippen LogP contribution in [-0.2, 0) is 4.74 Å². The molecule has 1 saturated heterocycles. The molecule has 3 atom stereocenters. The Morgan fingerprint density at radius 2 is 2.36 bits per heavy atom.